The highest BCUT2D eigenvalue weighted by Crippen LogP contribution is 2.04. The minimum atomic E-state index is 1.05. The van der Waals surface area contributed by atoms with Gasteiger partial charge in [-0.3, -0.25) is 10.4 Å². The predicted octanol–water partition coefficient (Wildman–Crippen LogP) is 1.87. The van der Waals surface area contributed by atoms with Crippen molar-refractivity contribution in [3.63, 3.8) is 0 Å². The standard InChI is InChI=1S/C8H14N2.C3H8N2.C2H6N2.C2H6/c1-7-8(3-5-9-2)4-6-10-7;1-5(2)3-4;1-4-2-3;1-2/h4,6,9-10H,3,5H2,1-2H3;3-4H,1-2H3;2H,1H3,(H2,3,4);1-2H3. The van der Waals surface area contributed by atoms with Crippen LogP contribution in [-0.2, 0) is 6.42 Å². The van der Waals surface area contributed by atoms with Gasteiger partial charge in [0.05, 0.1) is 12.7 Å². The smallest absolute Gasteiger partial charge is 0.0812 e. The summed E-state index contributed by atoms with van der Waals surface area (Å²) < 4.78 is 0. The van der Waals surface area contributed by atoms with E-state index in [4.69, 9.17) is 11.1 Å². The molecule has 1 aromatic rings. The molecule has 0 aliphatic rings. The molecule has 6 heteroatoms. The number of aromatic amines is 1. The van der Waals surface area contributed by atoms with E-state index in [1.54, 1.807) is 11.9 Å². The molecule has 0 saturated heterocycles. The summed E-state index contributed by atoms with van der Waals surface area (Å²) in [6.07, 6.45) is 5.60. The Labute approximate surface area is 130 Å². The summed E-state index contributed by atoms with van der Waals surface area (Å²) in [6.45, 7) is 7.16. The molecule has 0 unspecified atom stereocenters. The van der Waals surface area contributed by atoms with Crippen LogP contribution < -0.4 is 11.1 Å². The maximum absolute atomic E-state index is 6.46. The second-order valence-electron chi connectivity index (χ2n) is 3.98. The highest BCUT2D eigenvalue weighted by molar-refractivity contribution is 5.50. The maximum Gasteiger partial charge on any atom is 0.0812 e. The average molecular weight is 298 g/mol. The van der Waals surface area contributed by atoms with Crippen molar-refractivity contribution in [3.8, 4) is 0 Å². The Morgan fingerprint density at radius 1 is 1.43 bits per heavy atom. The molecule has 0 aliphatic heterocycles. The van der Waals surface area contributed by atoms with Gasteiger partial charge in [-0.2, -0.15) is 0 Å². The number of aromatic nitrogens is 1. The molecule has 0 aliphatic carbocycles. The van der Waals surface area contributed by atoms with Gasteiger partial charge in [-0.15, -0.1) is 0 Å². The molecule has 1 rings (SSSR count). The van der Waals surface area contributed by atoms with E-state index >= 15 is 0 Å². The molecule has 0 amide bonds. The van der Waals surface area contributed by atoms with Crippen LogP contribution in [0.1, 0.15) is 25.1 Å². The molecule has 1 heterocycles. The zero-order chi connectivity index (χ0) is 17.1. The quantitative estimate of drug-likeness (QED) is 0.505. The fourth-order valence-electron chi connectivity index (χ4n) is 1.02. The van der Waals surface area contributed by atoms with Gasteiger partial charge < -0.3 is 20.9 Å². The summed E-state index contributed by atoms with van der Waals surface area (Å²) in [4.78, 5) is 8.21. The van der Waals surface area contributed by atoms with Crippen molar-refractivity contribution in [2.45, 2.75) is 27.2 Å². The molecule has 0 radical (unpaired) electrons. The Morgan fingerprint density at radius 3 is 2.14 bits per heavy atom. The maximum atomic E-state index is 6.46. The van der Waals surface area contributed by atoms with Crippen LogP contribution >= 0.6 is 0 Å². The lowest BCUT2D eigenvalue weighted by Crippen LogP contribution is -2.10. The first-order valence-corrected chi connectivity index (χ1v) is 7.10. The van der Waals surface area contributed by atoms with Crippen LogP contribution in [0.25, 0.3) is 0 Å². The third-order valence-corrected chi connectivity index (χ3v) is 2.12. The SMILES string of the molecule is CC.CN(C)C=N.CN=CN.CNCCc1cc[nH]c1C. The number of rotatable bonds is 4. The number of nitrogens with two attached hydrogens (primary N) is 1. The van der Waals surface area contributed by atoms with E-state index in [1.165, 1.54) is 23.9 Å². The first-order valence-electron chi connectivity index (χ1n) is 7.10. The third kappa shape index (κ3) is 20.7. The van der Waals surface area contributed by atoms with Gasteiger partial charge >= 0.3 is 0 Å². The summed E-state index contributed by atoms with van der Waals surface area (Å²) in [5.74, 6) is 0. The van der Waals surface area contributed by atoms with Crippen LogP contribution in [0.2, 0.25) is 0 Å². The zero-order valence-corrected chi connectivity index (χ0v) is 14.7. The first-order chi connectivity index (χ1) is 10.0. The molecule has 21 heavy (non-hydrogen) atoms. The van der Waals surface area contributed by atoms with E-state index < -0.39 is 0 Å². The van der Waals surface area contributed by atoms with Crippen molar-refractivity contribution in [1.29, 1.82) is 5.41 Å². The van der Waals surface area contributed by atoms with Crippen molar-refractivity contribution in [1.82, 2.24) is 15.2 Å². The Morgan fingerprint density at radius 2 is 1.90 bits per heavy atom. The lowest BCUT2D eigenvalue weighted by atomic mass is 10.2. The number of aliphatic imine (C=N–C) groups is 1. The van der Waals surface area contributed by atoms with Crippen molar-refractivity contribution in [2.75, 3.05) is 34.7 Å². The van der Waals surface area contributed by atoms with Crippen LogP contribution in [0.15, 0.2) is 17.3 Å². The Balaban J connectivity index is -0.000000250. The number of H-pyrrole nitrogens is 1. The van der Waals surface area contributed by atoms with Crippen LogP contribution in [0.3, 0.4) is 0 Å². The van der Waals surface area contributed by atoms with Gasteiger partial charge in [-0.1, -0.05) is 13.8 Å². The van der Waals surface area contributed by atoms with Crippen LogP contribution in [-0.4, -0.2) is 57.3 Å². The molecular weight excluding hydrogens is 264 g/mol. The second kappa shape index (κ2) is 20.5. The fraction of sp³-hybridized carbons (Fsp3) is 0.600. The number of hydrogen-bond acceptors (Lipinski definition) is 3. The molecular formula is C15H34N6. The molecule has 0 aromatic carbocycles. The normalized spacial score (nSPS) is 8.52. The molecule has 5 N–H and O–H groups in total. The summed E-state index contributed by atoms with van der Waals surface area (Å²) in [5.41, 5.74) is 7.43. The molecule has 0 saturated carbocycles. The minimum absolute atomic E-state index is 1.05. The van der Waals surface area contributed by atoms with Crippen LogP contribution in [0.5, 0.6) is 0 Å². The van der Waals surface area contributed by atoms with Gasteiger partial charge in [0.2, 0.25) is 0 Å². The second-order valence-corrected chi connectivity index (χ2v) is 3.98. The zero-order valence-electron chi connectivity index (χ0n) is 14.7. The molecule has 0 atom stereocenters. The number of nitrogens with zero attached hydrogens (tertiary/aromatic N) is 2. The molecule has 124 valence electrons. The number of aryl methyl sites for hydroxylation is 1. The average Bonchev–Trinajstić information content (AvgIpc) is 2.93. The van der Waals surface area contributed by atoms with E-state index in [0.29, 0.717) is 0 Å². The number of nitrogens with one attached hydrogen (secondary N) is 3. The largest absolute Gasteiger partial charge is 0.390 e. The van der Waals surface area contributed by atoms with Gasteiger partial charge in [-0.25, -0.2) is 0 Å². The molecule has 0 bridgehead atoms. The Kier molecular flexibility index (Phi) is 23.6. The molecule has 0 fully saturated rings. The summed E-state index contributed by atoms with van der Waals surface area (Å²) in [6, 6.07) is 2.13. The van der Waals surface area contributed by atoms with E-state index in [9.17, 15) is 0 Å². The van der Waals surface area contributed by atoms with Gasteiger partial charge in [0, 0.05) is 33.0 Å². The highest BCUT2D eigenvalue weighted by atomic mass is 15.1. The Hall–Kier alpha value is -1.82. The van der Waals surface area contributed by atoms with E-state index in [-0.39, 0.29) is 0 Å². The van der Waals surface area contributed by atoms with Crippen molar-refractivity contribution >= 4 is 12.7 Å². The molecule has 1 aromatic heterocycles. The first kappa shape index (κ1) is 24.2. The van der Waals surface area contributed by atoms with Crippen molar-refractivity contribution in [2.24, 2.45) is 10.7 Å². The van der Waals surface area contributed by atoms with Gasteiger partial charge in [0.25, 0.3) is 0 Å². The minimum Gasteiger partial charge on any atom is -0.390 e. The highest BCUT2D eigenvalue weighted by Gasteiger charge is 1.95. The number of likely N-dealkylation sites (N-methyl/N-ethyl adjacent to an activating group) is 1. The van der Waals surface area contributed by atoms with E-state index in [2.05, 4.69) is 28.3 Å². The van der Waals surface area contributed by atoms with E-state index in [0.717, 1.165) is 13.0 Å². The molecule has 0 spiro atoms. The summed E-state index contributed by atoms with van der Waals surface area (Å²) in [7, 11) is 7.22. The topological polar surface area (TPSA) is 93.3 Å². The van der Waals surface area contributed by atoms with Gasteiger partial charge in [0.15, 0.2) is 0 Å². The van der Waals surface area contributed by atoms with Crippen molar-refractivity contribution in [3.05, 3.63) is 23.5 Å². The number of hydrogen-bond donors (Lipinski definition) is 4. The van der Waals surface area contributed by atoms with Crippen molar-refractivity contribution < 1.29 is 0 Å². The third-order valence-electron chi connectivity index (χ3n) is 2.12. The lowest BCUT2D eigenvalue weighted by Gasteiger charge is -1.97. The molecule has 6 nitrogen and oxygen atoms in total. The monoisotopic (exact) mass is 298 g/mol. The van der Waals surface area contributed by atoms with E-state index in [1.807, 2.05) is 41.2 Å². The lowest BCUT2D eigenvalue weighted by molar-refractivity contribution is 0.639. The van der Waals surface area contributed by atoms with Gasteiger partial charge in [0.1, 0.15) is 0 Å². The van der Waals surface area contributed by atoms with Crippen LogP contribution in [0.4, 0.5) is 0 Å². The summed E-state index contributed by atoms with van der Waals surface area (Å²) in [5, 5.41) is 9.58. The van der Waals surface area contributed by atoms with Gasteiger partial charge in [-0.05, 0) is 38.6 Å². The Bertz CT molecular complexity index is 327. The predicted molar refractivity (Wildman–Crippen MR) is 95.6 cm³/mol. The fourth-order valence-corrected chi connectivity index (χ4v) is 1.02. The summed E-state index contributed by atoms with van der Waals surface area (Å²) >= 11 is 0. The van der Waals surface area contributed by atoms with Crippen LogP contribution in [0, 0.1) is 12.3 Å².